The summed E-state index contributed by atoms with van der Waals surface area (Å²) in [6, 6.07) is 13.5. The third-order valence-corrected chi connectivity index (χ3v) is 4.96. The molecule has 7 heteroatoms. The highest BCUT2D eigenvalue weighted by atomic mass is 79.9. The highest BCUT2D eigenvalue weighted by molar-refractivity contribution is 9.10. The van der Waals surface area contributed by atoms with Crippen molar-refractivity contribution < 1.29 is 19.5 Å². The second-order valence-corrected chi connectivity index (χ2v) is 7.23. The first kappa shape index (κ1) is 17.4. The lowest BCUT2D eigenvalue weighted by Crippen LogP contribution is -2.27. The van der Waals surface area contributed by atoms with Crippen molar-refractivity contribution in [1.29, 1.82) is 0 Å². The van der Waals surface area contributed by atoms with E-state index in [-0.39, 0.29) is 23.3 Å². The molecule has 0 bridgehead atoms. The summed E-state index contributed by atoms with van der Waals surface area (Å²) in [5.41, 5.74) is 1.68. The number of hydrogen-bond donors (Lipinski definition) is 1. The molecule has 126 valence electrons. The van der Waals surface area contributed by atoms with Crippen LogP contribution >= 0.6 is 27.7 Å². The average Bonchev–Trinajstić information content (AvgIpc) is 2.83. The van der Waals surface area contributed by atoms with Gasteiger partial charge in [-0.3, -0.25) is 14.5 Å². The van der Waals surface area contributed by atoms with Gasteiger partial charge in [0.2, 0.25) is 0 Å². The zero-order chi connectivity index (χ0) is 18.0. The Morgan fingerprint density at radius 2 is 1.88 bits per heavy atom. The maximum absolute atomic E-state index is 12.5. The van der Waals surface area contributed by atoms with Gasteiger partial charge in [-0.15, -0.1) is 0 Å². The van der Waals surface area contributed by atoms with Crippen LogP contribution in [-0.4, -0.2) is 27.1 Å². The van der Waals surface area contributed by atoms with Crippen LogP contribution in [0, 0.1) is 0 Å². The molecule has 0 radical (unpaired) electrons. The van der Waals surface area contributed by atoms with Gasteiger partial charge < -0.3 is 5.11 Å². The van der Waals surface area contributed by atoms with Crippen molar-refractivity contribution in [3.63, 3.8) is 0 Å². The number of carboxylic acid groups (broad SMARTS) is 1. The molecular weight excluding hydrogens is 406 g/mol. The predicted molar refractivity (Wildman–Crippen MR) is 99.1 cm³/mol. The molecule has 0 aromatic heterocycles. The summed E-state index contributed by atoms with van der Waals surface area (Å²) < 4.78 is 0.888. The molecule has 1 aliphatic rings. The van der Waals surface area contributed by atoms with Crippen molar-refractivity contribution >= 4 is 50.9 Å². The van der Waals surface area contributed by atoms with Gasteiger partial charge in [-0.05, 0) is 53.2 Å². The minimum Gasteiger partial charge on any atom is -0.478 e. The number of carbonyl (C=O) groups is 3. The van der Waals surface area contributed by atoms with Crippen molar-refractivity contribution in [2.45, 2.75) is 6.54 Å². The van der Waals surface area contributed by atoms with E-state index in [4.69, 9.17) is 5.11 Å². The first-order chi connectivity index (χ1) is 11.9. The van der Waals surface area contributed by atoms with E-state index in [1.165, 1.54) is 12.1 Å². The zero-order valence-electron chi connectivity index (χ0n) is 12.8. The third kappa shape index (κ3) is 4.00. The molecule has 2 amide bonds. The fourth-order valence-electron chi connectivity index (χ4n) is 2.32. The summed E-state index contributed by atoms with van der Waals surface area (Å²) in [7, 11) is 0. The van der Waals surface area contributed by atoms with Gasteiger partial charge >= 0.3 is 5.97 Å². The molecule has 1 heterocycles. The molecule has 0 spiro atoms. The largest absolute Gasteiger partial charge is 0.478 e. The summed E-state index contributed by atoms with van der Waals surface area (Å²) in [6.07, 6.45) is 1.68. The topological polar surface area (TPSA) is 74.7 Å². The summed E-state index contributed by atoms with van der Waals surface area (Å²) >= 11 is 4.27. The summed E-state index contributed by atoms with van der Waals surface area (Å²) in [6.45, 7) is 0.111. The van der Waals surface area contributed by atoms with Gasteiger partial charge in [0, 0.05) is 4.47 Å². The maximum Gasteiger partial charge on any atom is 0.335 e. The van der Waals surface area contributed by atoms with Gasteiger partial charge in [0.25, 0.3) is 11.1 Å². The van der Waals surface area contributed by atoms with Gasteiger partial charge in [0.1, 0.15) is 0 Å². The minimum atomic E-state index is -1.02. The number of carbonyl (C=O) groups excluding carboxylic acids is 2. The van der Waals surface area contributed by atoms with Crippen molar-refractivity contribution in [3.05, 3.63) is 74.6 Å². The first-order valence-corrected chi connectivity index (χ1v) is 8.88. The van der Waals surface area contributed by atoms with E-state index in [1.54, 1.807) is 18.2 Å². The van der Waals surface area contributed by atoms with Crippen LogP contribution in [0.3, 0.4) is 0 Å². The van der Waals surface area contributed by atoms with Gasteiger partial charge in [-0.1, -0.05) is 40.2 Å². The second kappa shape index (κ2) is 7.25. The molecule has 2 aromatic rings. The fourth-order valence-corrected chi connectivity index (χ4v) is 3.57. The van der Waals surface area contributed by atoms with Crippen LogP contribution in [0.4, 0.5) is 4.79 Å². The lowest BCUT2D eigenvalue weighted by Gasteiger charge is -2.12. The number of thioether (sulfide) groups is 1. The van der Waals surface area contributed by atoms with E-state index >= 15 is 0 Å². The van der Waals surface area contributed by atoms with Gasteiger partial charge in [-0.25, -0.2) is 4.79 Å². The highest BCUT2D eigenvalue weighted by Crippen LogP contribution is 2.33. The third-order valence-electron chi connectivity index (χ3n) is 3.56. The number of imide groups is 1. The summed E-state index contributed by atoms with van der Waals surface area (Å²) in [5.74, 6) is -1.37. The lowest BCUT2D eigenvalue weighted by atomic mass is 10.1. The Morgan fingerprint density at radius 1 is 1.16 bits per heavy atom. The fraction of sp³-hybridized carbons (Fsp3) is 0.0556. The molecule has 1 aliphatic heterocycles. The van der Waals surface area contributed by atoms with Crippen LogP contribution in [0.2, 0.25) is 0 Å². The van der Waals surface area contributed by atoms with Gasteiger partial charge in [0.05, 0.1) is 17.0 Å². The number of nitrogens with zero attached hydrogens (tertiary/aromatic N) is 1. The van der Waals surface area contributed by atoms with E-state index in [2.05, 4.69) is 15.9 Å². The molecule has 25 heavy (non-hydrogen) atoms. The van der Waals surface area contributed by atoms with Crippen LogP contribution in [0.15, 0.2) is 57.9 Å². The van der Waals surface area contributed by atoms with E-state index < -0.39 is 5.97 Å². The Bertz CT molecular complexity index is 892. The van der Waals surface area contributed by atoms with Crippen LogP contribution in [0.1, 0.15) is 21.5 Å². The second-order valence-electron chi connectivity index (χ2n) is 5.32. The standard InChI is InChI=1S/C18H12BrNO4S/c19-14-3-1-2-12(8-14)9-15-16(21)20(18(24)25-15)10-11-4-6-13(7-5-11)17(22)23/h1-9H,10H2,(H,22,23)/b15-9-. The summed E-state index contributed by atoms with van der Waals surface area (Å²) in [4.78, 5) is 37.0. The SMILES string of the molecule is O=C(O)c1ccc(CN2C(=O)S/C(=C\c3cccc(Br)c3)C2=O)cc1. The Kier molecular flexibility index (Phi) is 5.06. The number of carboxylic acids is 1. The van der Waals surface area contributed by atoms with Crippen molar-refractivity contribution in [2.24, 2.45) is 0 Å². The van der Waals surface area contributed by atoms with E-state index in [1.807, 2.05) is 24.3 Å². The number of halogens is 1. The van der Waals surface area contributed by atoms with Crippen molar-refractivity contribution in [1.82, 2.24) is 4.90 Å². The van der Waals surface area contributed by atoms with E-state index in [0.29, 0.717) is 10.5 Å². The quantitative estimate of drug-likeness (QED) is 0.746. The first-order valence-electron chi connectivity index (χ1n) is 7.27. The lowest BCUT2D eigenvalue weighted by molar-refractivity contribution is -0.123. The Morgan fingerprint density at radius 3 is 2.52 bits per heavy atom. The Hall–Kier alpha value is -2.38. The molecular formula is C18H12BrNO4S. The number of hydrogen-bond acceptors (Lipinski definition) is 4. The molecule has 2 aromatic carbocycles. The Labute approximate surface area is 156 Å². The molecule has 0 saturated carbocycles. The number of amides is 2. The molecule has 1 saturated heterocycles. The highest BCUT2D eigenvalue weighted by Gasteiger charge is 2.34. The Balaban J connectivity index is 1.78. The molecule has 0 unspecified atom stereocenters. The molecule has 3 rings (SSSR count). The smallest absolute Gasteiger partial charge is 0.335 e. The minimum absolute atomic E-state index is 0.111. The monoisotopic (exact) mass is 417 g/mol. The average molecular weight is 418 g/mol. The molecule has 0 aliphatic carbocycles. The van der Waals surface area contributed by atoms with Crippen LogP contribution < -0.4 is 0 Å². The van der Waals surface area contributed by atoms with Crippen LogP contribution in [-0.2, 0) is 11.3 Å². The maximum atomic E-state index is 12.5. The number of benzene rings is 2. The number of rotatable bonds is 4. The van der Waals surface area contributed by atoms with Crippen molar-refractivity contribution in [3.8, 4) is 0 Å². The van der Waals surface area contributed by atoms with Crippen LogP contribution in [0.5, 0.6) is 0 Å². The van der Waals surface area contributed by atoms with Gasteiger partial charge in [-0.2, -0.15) is 0 Å². The zero-order valence-corrected chi connectivity index (χ0v) is 15.2. The van der Waals surface area contributed by atoms with Crippen LogP contribution in [0.25, 0.3) is 6.08 Å². The van der Waals surface area contributed by atoms with E-state index in [0.717, 1.165) is 26.7 Å². The molecule has 1 N–H and O–H groups in total. The normalized spacial score (nSPS) is 15.9. The molecule has 1 fully saturated rings. The van der Waals surface area contributed by atoms with E-state index in [9.17, 15) is 14.4 Å². The molecule has 0 atom stereocenters. The van der Waals surface area contributed by atoms with Gasteiger partial charge in [0.15, 0.2) is 0 Å². The number of aromatic carboxylic acids is 1. The predicted octanol–water partition coefficient (Wildman–Crippen LogP) is 4.38. The molecule has 5 nitrogen and oxygen atoms in total. The van der Waals surface area contributed by atoms with Crippen molar-refractivity contribution in [2.75, 3.05) is 0 Å². The summed E-state index contributed by atoms with van der Waals surface area (Å²) in [5, 5.41) is 8.57.